The maximum atomic E-state index is 6.61. The number of hydrogen-bond donors (Lipinski definition) is 0. The van der Waals surface area contributed by atoms with E-state index in [1.165, 1.54) is 71.3 Å². The molecule has 2 aliphatic carbocycles. The van der Waals surface area contributed by atoms with Crippen molar-refractivity contribution >= 4 is 45.2 Å². The van der Waals surface area contributed by atoms with Crippen molar-refractivity contribution in [1.82, 2.24) is 4.57 Å². The number of thioether (sulfide) groups is 1. The van der Waals surface area contributed by atoms with Gasteiger partial charge in [0.15, 0.2) is 0 Å². The number of para-hydroxylation sites is 1. The molecule has 2 unspecified atom stereocenters. The Morgan fingerprint density at radius 2 is 1.51 bits per heavy atom. The molecule has 6 aromatic rings. The third-order valence-corrected chi connectivity index (χ3v) is 11.7. The van der Waals surface area contributed by atoms with E-state index in [-0.39, 0.29) is 5.41 Å². The number of hydrogen-bond acceptors (Lipinski definition) is 1. The van der Waals surface area contributed by atoms with Gasteiger partial charge in [0.05, 0.1) is 11.0 Å². The number of fused-ring (bicyclic) bond motifs is 8. The second-order valence-corrected chi connectivity index (χ2v) is 14.3. The molecule has 43 heavy (non-hydrogen) atoms. The highest BCUT2D eigenvalue weighted by Crippen LogP contribution is 2.51. The van der Waals surface area contributed by atoms with Crippen molar-refractivity contribution in [1.29, 1.82) is 0 Å². The highest BCUT2D eigenvalue weighted by atomic mass is 35.5. The Morgan fingerprint density at radius 1 is 0.744 bits per heavy atom. The number of rotatable bonds is 2. The molecule has 5 aromatic carbocycles. The lowest BCUT2D eigenvalue weighted by atomic mass is 9.82. The summed E-state index contributed by atoms with van der Waals surface area (Å²) in [5.41, 5.74) is 13.1. The number of nitrogens with zero attached hydrogens (tertiary/aromatic N) is 1. The molecule has 3 heteroatoms. The maximum absolute atomic E-state index is 6.61. The Bertz CT molecular complexity index is 2180. The molecule has 1 aliphatic heterocycles. The van der Waals surface area contributed by atoms with Crippen molar-refractivity contribution in [3.8, 4) is 27.9 Å². The third kappa shape index (κ3) is 3.73. The van der Waals surface area contributed by atoms with Crippen LogP contribution in [0.2, 0.25) is 0 Å². The first kappa shape index (κ1) is 25.5. The van der Waals surface area contributed by atoms with Crippen molar-refractivity contribution in [2.24, 2.45) is 5.92 Å². The monoisotopic (exact) mass is 591 g/mol. The average molecular weight is 592 g/mol. The number of allylic oxidation sites excluding steroid dienone is 3. The highest BCUT2D eigenvalue weighted by molar-refractivity contribution is 8.00. The molecule has 9 rings (SSSR count). The van der Waals surface area contributed by atoms with E-state index in [0.29, 0.717) is 11.2 Å². The Hall–Kier alpha value is -3.98. The van der Waals surface area contributed by atoms with Crippen LogP contribution in [0.25, 0.3) is 49.7 Å². The van der Waals surface area contributed by atoms with Gasteiger partial charge in [-0.3, -0.25) is 0 Å². The van der Waals surface area contributed by atoms with Crippen LogP contribution >= 0.6 is 23.4 Å². The molecule has 2 heterocycles. The smallest absolute Gasteiger partial charge is 0.0544 e. The quantitative estimate of drug-likeness (QED) is 0.194. The molecule has 0 bridgehead atoms. The standard InChI is InChI=1S/C40H30ClNS/c1-40(2)33-12-7-6-11-28(33)29-22-31-30-19-24(17-18-36(30)42(37(31)23-34(29)40)27-9-4-3-5-10-27)25-15-16-26-20-32-35(41)13-8-14-38(32)43-39(26)21-25/h3-19,21-23,32,38H,20H2,1-2H3. The van der Waals surface area contributed by atoms with Gasteiger partial charge in [0, 0.05) is 43.0 Å². The van der Waals surface area contributed by atoms with E-state index in [1.54, 1.807) is 0 Å². The predicted molar refractivity (Wildman–Crippen MR) is 184 cm³/mol. The number of benzene rings is 5. The fourth-order valence-corrected chi connectivity index (χ4v) is 9.38. The second-order valence-electron chi connectivity index (χ2n) is 12.6. The summed E-state index contributed by atoms with van der Waals surface area (Å²) < 4.78 is 2.45. The van der Waals surface area contributed by atoms with Gasteiger partial charge in [-0.1, -0.05) is 98.3 Å². The van der Waals surface area contributed by atoms with E-state index >= 15 is 0 Å². The first-order valence-electron chi connectivity index (χ1n) is 15.1. The first-order chi connectivity index (χ1) is 21.0. The Labute approximate surface area is 261 Å². The van der Waals surface area contributed by atoms with Gasteiger partial charge in [-0.15, -0.1) is 11.8 Å². The van der Waals surface area contributed by atoms with Gasteiger partial charge in [0.25, 0.3) is 0 Å². The minimum atomic E-state index is -0.0450. The summed E-state index contributed by atoms with van der Waals surface area (Å²) in [6.45, 7) is 4.72. The van der Waals surface area contributed by atoms with Crippen LogP contribution < -0.4 is 0 Å². The molecule has 0 radical (unpaired) electrons. The third-order valence-electron chi connectivity index (χ3n) is 9.89. The summed E-state index contributed by atoms with van der Waals surface area (Å²) >= 11 is 8.56. The fraction of sp³-hybridized carbons (Fsp3) is 0.150. The van der Waals surface area contributed by atoms with E-state index in [4.69, 9.17) is 11.6 Å². The summed E-state index contributed by atoms with van der Waals surface area (Å²) in [5.74, 6) is 0.382. The van der Waals surface area contributed by atoms with Crippen molar-refractivity contribution in [2.75, 3.05) is 0 Å². The molecule has 2 atom stereocenters. The number of aromatic nitrogens is 1. The first-order valence-corrected chi connectivity index (χ1v) is 16.3. The minimum Gasteiger partial charge on any atom is -0.309 e. The molecule has 0 saturated heterocycles. The lowest BCUT2D eigenvalue weighted by molar-refractivity contribution is 0.634. The van der Waals surface area contributed by atoms with E-state index in [2.05, 4.69) is 140 Å². The lowest BCUT2D eigenvalue weighted by Gasteiger charge is -2.32. The SMILES string of the molecule is CC1(C)c2ccccc2-c2cc3c4cc(-c5ccc6c(c5)SC5C=CC=C(Cl)C5C6)ccc4n(-c4ccccc4)c3cc21. The summed E-state index contributed by atoms with van der Waals surface area (Å²) in [5, 5.41) is 3.98. The summed E-state index contributed by atoms with van der Waals surface area (Å²) in [4.78, 5) is 1.37. The van der Waals surface area contributed by atoms with Crippen molar-refractivity contribution in [2.45, 2.75) is 35.8 Å². The Kier molecular flexibility index (Phi) is 5.49. The summed E-state index contributed by atoms with van der Waals surface area (Å²) in [6, 6.07) is 38.7. The van der Waals surface area contributed by atoms with Crippen LogP contribution in [0, 0.1) is 5.92 Å². The molecular formula is C40H30ClNS. The highest BCUT2D eigenvalue weighted by Gasteiger charge is 2.36. The fourth-order valence-electron chi connectivity index (χ4n) is 7.65. The minimum absolute atomic E-state index is 0.0450. The van der Waals surface area contributed by atoms with Crippen LogP contribution in [0.5, 0.6) is 0 Å². The largest absolute Gasteiger partial charge is 0.309 e. The topological polar surface area (TPSA) is 4.93 Å². The van der Waals surface area contributed by atoms with Gasteiger partial charge in [-0.2, -0.15) is 0 Å². The van der Waals surface area contributed by atoms with Gasteiger partial charge in [0.2, 0.25) is 0 Å². The van der Waals surface area contributed by atoms with Crippen LogP contribution in [0.4, 0.5) is 0 Å². The molecule has 0 saturated carbocycles. The molecule has 0 amide bonds. The normalized spacial score (nSPS) is 19.6. The van der Waals surface area contributed by atoms with Crippen molar-refractivity contribution in [3.05, 3.63) is 143 Å². The Balaban J connectivity index is 1.25. The van der Waals surface area contributed by atoms with Crippen LogP contribution in [-0.2, 0) is 11.8 Å². The predicted octanol–water partition coefficient (Wildman–Crippen LogP) is 11.1. The molecule has 0 fully saturated rings. The molecular weight excluding hydrogens is 562 g/mol. The van der Waals surface area contributed by atoms with Gasteiger partial charge in [-0.25, -0.2) is 0 Å². The maximum Gasteiger partial charge on any atom is 0.0544 e. The van der Waals surface area contributed by atoms with Gasteiger partial charge >= 0.3 is 0 Å². The number of halogens is 1. The zero-order chi connectivity index (χ0) is 28.9. The van der Waals surface area contributed by atoms with Crippen molar-refractivity contribution in [3.63, 3.8) is 0 Å². The molecule has 1 nitrogen and oxygen atoms in total. The summed E-state index contributed by atoms with van der Waals surface area (Å²) in [6.07, 6.45) is 7.47. The molecule has 1 aromatic heterocycles. The second kappa shape index (κ2) is 9.26. The van der Waals surface area contributed by atoms with Gasteiger partial charge in [-0.05, 0) is 93.9 Å². The van der Waals surface area contributed by atoms with E-state index in [9.17, 15) is 0 Å². The molecule has 208 valence electrons. The van der Waals surface area contributed by atoms with Crippen molar-refractivity contribution < 1.29 is 0 Å². The molecule has 3 aliphatic rings. The molecule has 0 spiro atoms. The van der Waals surface area contributed by atoms with Gasteiger partial charge in [0.1, 0.15) is 0 Å². The Morgan fingerprint density at radius 3 is 2.40 bits per heavy atom. The van der Waals surface area contributed by atoms with Gasteiger partial charge < -0.3 is 4.57 Å². The zero-order valence-corrected chi connectivity index (χ0v) is 25.7. The van der Waals surface area contributed by atoms with Crippen LogP contribution in [0.3, 0.4) is 0 Å². The summed E-state index contributed by atoms with van der Waals surface area (Å²) in [7, 11) is 0. The molecule has 0 N–H and O–H groups in total. The average Bonchev–Trinajstić information content (AvgIpc) is 3.47. The zero-order valence-electron chi connectivity index (χ0n) is 24.1. The lowest BCUT2D eigenvalue weighted by Crippen LogP contribution is -2.24. The van der Waals surface area contributed by atoms with E-state index < -0.39 is 0 Å². The van der Waals surface area contributed by atoms with Crippen LogP contribution in [-0.4, -0.2) is 9.82 Å². The van der Waals surface area contributed by atoms with E-state index in [0.717, 1.165) is 11.5 Å². The van der Waals surface area contributed by atoms with Crippen LogP contribution in [0.1, 0.15) is 30.5 Å². The van der Waals surface area contributed by atoms with Crippen LogP contribution in [0.15, 0.2) is 131 Å². The van der Waals surface area contributed by atoms with E-state index in [1.807, 2.05) is 11.8 Å².